The van der Waals surface area contributed by atoms with Gasteiger partial charge in [-0.2, -0.15) is 0 Å². The van der Waals surface area contributed by atoms with Crippen molar-refractivity contribution in [3.05, 3.63) is 76.0 Å². The molecular weight excluding hydrogens is 454 g/mol. The van der Waals surface area contributed by atoms with Crippen molar-refractivity contribution in [1.82, 2.24) is 14.5 Å². The van der Waals surface area contributed by atoms with Crippen LogP contribution in [0.1, 0.15) is 31.4 Å². The summed E-state index contributed by atoms with van der Waals surface area (Å²) in [6.07, 6.45) is 2.70. The lowest BCUT2D eigenvalue weighted by Gasteiger charge is -2.12. The van der Waals surface area contributed by atoms with E-state index in [1.807, 2.05) is 60.0 Å². The predicted octanol–water partition coefficient (Wildman–Crippen LogP) is 4.93. The van der Waals surface area contributed by atoms with Crippen LogP contribution < -0.4 is 16.6 Å². The summed E-state index contributed by atoms with van der Waals surface area (Å²) >= 11 is 3.06. The molecule has 7 nitrogen and oxygen atoms in total. The molecule has 0 radical (unpaired) electrons. The highest BCUT2D eigenvalue weighted by Gasteiger charge is 2.13. The van der Waals surface area contributed by atoms with Crippen molar-refractivity contribution in [3.8, 4) is 0 Å². The molecule has 2 aromatic heterocycles. The number of nitrogens with zero attached hydrogens (tertiary/aromatic N) is 3. The molecule has 0 aliphatic heterocycles. The average molecular weight is 480 g/mol. The van der Waals surface area contributed by atoms with Crippen LogP contribution in [-0.4, -0.2) is 20.4 Å². The van der Waals surface area contributed by atoms with Crippen molar-refractivity contribution in [3.63, 3.8) is 0 Å². The van der Waals surface area contributed by atoms with Crippen LogP contribution >= 0.6 is 23.1 Å². The van der Waals surface area contributed by atoms with E-state index in [1.165, 1.54) is 11.8 Å². The Morgan fingerprint density at radius 1 is 1.03 bits per heavy atom. The molecule has 2 aromatic carbocycles. The molecule has 0 saturated heterocycles. The van der Waals surface area contributed by atoms with Gasteiger partial charge in [-0.1, -0.05) is 48.5 Å². The van der Waals surface area contributed by atoms with Crippen LogP contribution in [-0.2, 0) is 17.1 Å². The maximum absolute atomic E-state index is 13.2. The lowest BCUT2D eigenvalue weighted by atomic mass is 10.2. The van der Waals surface area contributed by atoms with Crippen LogP contribution in [0.5, 0.6) is 0 Å². The first-order chi connectivity index (χ1) is 16.1. The standard InChI is InChI=1S/C24H25N5O2S2/c25-21(30)13-5-2-8-14-29-22(31)19-11-6-7-12-20(19)28-24(29)33-16-18-15-32-23(27-18)26-17-9-3-1-4-10-17/h1,3-4,6-7,9-12,15H,2,5,8,13-14,16H2,(H2,25,30)(H,26,27). The summed E-state index contributed by atoms with van der Waals surface area (Å²) in [5, 5.41) is 7.45. The third kappa shape index (κ3) is 6.21. The molecule has 0 bridgehead atoms. The molecule has 0 aliphatic carbocycles. The van der Waals surface area contributed by atoms with Crippen molar-refractivity contribution >= 4 is 50.7 Å². The van der Waals surface area contributed by atoms with Gasteiger partial charge in [-0.25, -0.2) is 9.97 Å². The number of anilines is 2. The lowest BCUT2D eigenvalue weighted by Crippen LogP contribution is -2.23. The third-order valence-corrected chi connectivity index (χ3v) is 6.87. The molecule has 9 heteroatoms. The predicted molar refractivity (Wildman–Crippen MR) is 135 cm³/mol. The molecule has 2 heterocycles. The normalized spacial score (nSPS) is 11.0. The first-order valence-electron chi connectivity index (χ1n) is 10.8. The van der Waals surface area contributed by atoms with Gasteiger partial charge in [-0.3, -0.25) is 14.2 Å². The fourth-order valence-electron chi connectivity index (χ4n) is 3.42. The van der Waals surface area contributed by atoms with Gasteiger partial charge in [0, 0.05) is 29.8 Å². The minimum absolute atomic E-state index is 0.0392. The number of aromatic nitrogens is 3. The van der Waals surface area contributed by atoms with Crippen LogP contribution in [0.2, 0.25) is 0 Å². The van der Waals surface area contributed by atoms with E-state index in [1.54, 1.807) is 15.9 Å². The second kappa shape index (κ2) is 11.1. The summed E-state index contributed by atoms with van der Waals surface area (Å²) < 4.78 is 1.74. The number of nitrogens with one attached hydrogen (secondary N) is 1. The minimum Gasteiger partial charge on any atom is -0.370 e. The van der Waals surface area contributed by atoms with Gasteiger partial charge in [0.05, 0.1) is 16.6 Å². The van der Waals surface area contributed by atoms with Gasteiger partial charge in [0.25, 0.3) is 5.56 Å². The Balaban J connectivity index is 1.48. The van der Waals surface area contributed by atoms with Crippen LogP contribution in [0.4, 0.5) is 10.8 Å². The third-order valence-electron chi connectivity index (χ3n) is 5.06. The number of thiazole rings is 1. The zero-order valence-electron chi connectivity index (χ0n) is 18.1. The molecule has 170 valence electrons. The van der Waals surface area contributed by atoms with Crippen molar-refractivity contribution in [1.29, 1.82) is 0 Å². The molecular formula is C24H25N5O2S2. The summed E-state index contributed by atoms with van der Waals surface area (Å²) in [7, 11) is 0. The SMILES string of the molecule is NC(=O)CCCCCn1c(SCc2csc(Nc3ccccc3)n2)nc2ccccc2c1=O. The van der Waals surface area contributed by atoms with Crippen LogP contribution in [0.15, 0.2) is 69.9 Å². The van der Waals surface area contributed by atoms with E-state index in [0.717, 1.165) is 35.8 Å². The number of benzene rings is 2. The number of carbonyl (C=O) groups is 1. The number of hydrogen-bond acceptors (Lipinski definition) is 7. The van der Waals surface area contributed by atoms with Gasteiger partial charge in [0.15, 0.2) is 10.3 Å². The highest BCUT2D eigenvalue weighted by atomic mass is 32.2. The van der Waals surface area contributed by atoms with Gasteiger partial charge in [-0.05, 0) is 37.1 Å². The number of nitrogens with two attached hydrogens (primary N) is 1. The Bertz CT molecular complexity index is 1290. The summed E-state index contributed by atoms with van der Waals surface area (Å²) in [5.74, 6) is 0.319. The number of primary amides is 1. The molecule has 1 amide bonds. The average Bonchev–Trinajstić information content (AvgIpc) is 3.26. The fraction of sp³-hybridized carbons (Fsp3) is 0.250. The van der Waals surface area contributed by atoms with Gasteiger partial charge in [-0.15, -0.1) is 11.3 Å². The number of fused-ring (bicyclic) bond motifs is 1. The smallest absolute Gasteiger partial charge is 0.262 e. The van der Waals surface area contributed by atoms with Gasteiger partial charge in [0.1, 0.15) is 0 Å². The van der Waals surface area contributed by atoms with Crippen LogP contribution in [0.25, 0.3) is 10.9 Å². The van der Waals surface area contributed by atoms with Gasteiger partial charge >= 0.3 is 0 Å². The lowest BCUT2D eigenvalue weighted by molar-refractivity contribution is -0.118. The summed E-state index contributed by atoms with van der Waals surface area (Å²) in [6, 6.07) is 17.3. The zero-order chi connectivity index (χ0) is 23.0. The molecule has 0 unspecified atom stereocenters. The number of carbonyl (C=O) groups excluding carboxylic acids is 1. The van der Waals surface area contributed by atoms with Crippen molar-refractivity contribution in [2.45, 2.75) is 43.1 Å². The van der Waals surface area contributed by atoms with E-state index in [-0.39, 0.29) is 11.5 Å². The number of unbranched alkanes of at least 4 members (excludes halogenated alkanes) is 2. The highest BCUT2D eigenvalue weighted by molar-refractivity contribution is 7.98. The number of rotatable bonds is 11. The number of thioether (sulfide) groups is 1. The number of para-hydroxylation sites is 2. The maximum atomic E-state index is 13.2. The quantitative estimate of drug-likeness (QED) is 0.180. The van der Waals surface area contributed by atoms with Gasteiger partial charge < -0.3 is 11.1 Å². The molecule has 0 fully saturated rings. The van der Waals surface area contributed by atoms with Crippen LogP contribution in [0.3, 0.4) is 0 Å². The van der Waals surface area contributed by atoms with E-state index in [0.29, 0.717) is 34.8 Å². The minimum atomic E-state index is -0.292. The van der Waals surface area contributed by atoms with Crippen LogP contribution in [0, 0.1) is 0 Å². The first-order valence-corrected chi connectivity index (χ1v) is 12.6. The van der Waals surface area contributed by atoms with E-state index >= 15 is 0 Å². The van der Waals surface area contributed by atoms with Crippen molar-refractivity contribution in [2.75, 3.05) is 5.32 Å². The second-order valence-electron chi connectivity index (χ2n) is 7.57. The summed E-state index contributed by atoms with van der Waals surface area (Å²) in [4.78, 5) is 33.5. The maximum Gasteiger partial charge on any atom is 0.262 e. The van der Waals surface area contributed by atoms with E-state index < -0.39 is 0 Å². The Morgan fingerprint density at radius 2 is 1.82 bits per heavy atom. The van der Waals surface area contributed by atoms with Gasteiger partial charge in [0.2, 0.25) is 5.91 Å². The topological polar surface area (TPSA) is 103 Å². The first kappa shape index (κ1) is 23.0. The molecule has 0 atom stereocenters. The molecule has 0 saturated carbocycles. The number of hydrogen-bond donors (Lipinski definition) is 2. The fourth-order valence-corrected chi connectivity index (χ4v) is 5.17. The molecule has 33 heavy (non-hydrogen) atoms. The van der Waals surface area contributed by atoms with Crippen molar-refractivity contribution in [2.24, 2.45) is 5.73 Å². The second-order valence-corrected chi connectivity index (χ2v) is 9.37. The van der Waals surface area contributed by atoms with E-state index in [4.69, 9.17) is 10.7 Å². The Hall–Kier alpha value is -3.17. The molecule has 0 spiro atoms. The zero-order valence-corrected chi connectivity index (χ0v) is 19.7. The molecule has 4 rings (SSSR count). The monoisotopic (exact) mass is 479 g/mol. The molecule has 0 aliphatic rings. The van der Waals surface area contributed by atoms with E-state index in [9.17, 15) is 9.59 Å². The van der Waals surface area contributed by atoms with Crippen molar-refractivity contribution < 1.29 is 4.79 Å². The molecule has 4 aromatic rings. The summed E-state index contributed by atoms with van der Waals surface area (Å²) in [5.41, 5.74) is 7.80. The molecule has 3 N–H and O–H groups in total. The Morgan fingerprint density at radius 3 is 2.64 bits per heavy atom. The Labute approximate surface area is 200 Å². The largest absolute Gasteiger partial charge is 0.370 e. The highest BCUT2D eigenvalue weighted by Crippen LogP contribution is 2.26. The Kier molecular flexibility index (Phi) is 7.74. The number of amides is 1. The van der Waals surface area contributed by atoms with E-state index in [2.05, 4.69) is 10.3 Å². The summed E-state index contributed by atoms with van der Waals surface area (Å²) in [6.45, 7) is 0.551.